The van der Waals surface area contributed by atoms with Crippen molar-refractivity contribution in [2.75, 3.05) is 20.8 Å². The van der Waals surface area contributed by atoms with Crippen molar-refractivity contribution in [2.24, 2.45) is 0 Å². The van der Waals surface area contributed by atoms with Gasteiger partial charge in [-0.05, 0) is 65.9 Å². The summed E-state index contributed by atoms with van der Waals surface area (Å²) in [6.07, 6.45) is 1.50. The molecule has 0 radical (unpaired) electrons. The molecule has 0 N–H and O–H groups in total. The van der Waals surface area contributed by atoms with Gasteiger partial charge in [-0.2, -0.15) is 0 Å². The molecule has 1 amide bonds. The number of hydrogen-bond donors (Lipinski definition) is 0. The molecule has 0 saturated heterocycles. The maximum absolute atomic E-state index is 15.1. The minimum absolute atomic E-state index is 0.169. The number of methoxy groups -OCH3 is 2. The van der Waals surface area contributed by atoms with E-state index < -0.39 is 11.9 Å². The molecule has 0 saturated carbocycles. The molecule has 0 spiro atoms. The lowest BCUT2D eigenvalue weighted by Gasteiger charge is -2.38. The van der Waals surface area contributed by atoms with Crippen molar-refractivity contribution in [2.45, 2.75) is 25.8 Å². The summed E-state index contributed by atoms with van der Waals surface area (Å²) in [5, 5.41) is 0.275. The number of fused-ring (bicyclic) bond motifs is 1. The van der Waals surface area contributed by atoms with Gasteiger partial charge in [0.25, 0.3) is 5.91 Å². The molecule has 166 valence electrons. The number of rotatable bonds is 5. The molecule has 1 unspecified atom stereocenters. The van der Waals surface area contributed by atoms with Crippen LogP contribution in [0.1, 0.15) is 45.6 Å². The maximum atomic E-state index is 15.1. The molecule has 4 rings (SSSR count). The Morgan fingerprint density at radius 2 is 1.78 bits per heavy atom. The van der Waals surface area contributed by atoms with Crippen LogP contribution in [0.2, 0.25) is 5.02 Å². The predicted molar refractivity (Wildman–Crippen MR) is 123 cm³/mol. The number of halogens is 2. The van der Waals surface area contributed by atoms with Gasteiger partial charge in [0, 0.05) is 22.7 Å². The average molecular weight is 454 g/mol. The van der Waals surface area contributed by atoms with Gasteiger partial charge in [-0.3, -0.25) is 4.79 Å². The Balaban J connectivity index is 1.88. The maximum Gasteiger partial charge on any atom is 0.254 e. The van der Waals surface area contributed by atoms with Gasteiger partial charge >= 0.3 is 0 Å². The van der Waals surface area contributed by atoms with E-state index in [-0.39, 0.29) is 16.5 Å². The monoisotopic (exact) mass is 453 g/mol. The summed E-state index contributed by atoms with van der Waals surface area (Å²) in [5.74, 6) is 0.492. The summed E-state index contributed by atoms with van der Waals surface area (Å²) in [5.41, 5.74) is 3.73. The highest BCUT2D eigenvalue weighted by Crippen LogP contribution is 2.44. The molecule has 0 aliphatic carbocycles. The van der Waals surface area contributed by atoms with Gasteiger partial charge in [-0.25, -0.2) is 4.39 Å². The van der Waals surface area contributed by atoms with Gasteiger partial charge in [0.2, 0.25) is 0 Å². The lowest BCUT2D eigenvalue weighted by molar-refractivity contribution is 0.0691. The van der Waals surface area contributed by atoms with E-state index in [1.807, 2.05) is 36.4 Å². The van der Waals surface area contributed by atoms with Gasteiger partial charge in [-0.1, -0.05) is 36.7 Å². The number of amides is 1. The quantitative estimate of drug-likeness (QED) is 0.486. The van der Waals surface area contributed by atoms with Crippen molar-refractivity contribution < 1.29 is 18.7 Å². The van der Waals surface area contributed by atoms with Crippen LogP contribution in [0.3, 0.4) is 0 Å². The molecule has 1 heterocycles. The molecule has 0 fully saturated rings. The van der Waals surface area contributed by atoms with Crippen LogP contribution in [0, 0.1) is 5.82 Å². The fraction of sp³-hybridized carbons (Fsp3) is 0.269. The summed E-state index contributed by atoms with van der Waals surface area (Å²) >= 11 is 6.48. The number of aryl methyl sites for hydroxylation is 1. The van der Waals surface area contributed by atoms with Crippen LogP contribution >= 0.6 is 11.6 Å². The molecule has 3 aromatic rings. The minimum atomic E-state index is -0.689. The van der Waals surface area contributed by atoms with Crippen LogP contribution in [0.25, 0.3) is 0 Å². The highest BCUT2D eigenvalue weighted by molar-refractivity contribution is 6.31. The highest BCUT2D eigenvalue weighted by atomic mass is 35.5. The largest absolute Gasteiger partial charge is 0.493 e. The fourth-order valence-electron chi connectivity index (χ4n) is 4.30. The van der Waals surface area contributed by atoms with Gasteiger partial charge in [0.1, 0.15) is 5.82 Å². The molecule has 32 heavy (non-hydrogen) atoms. The highest BCUT2D eigenvalue weighted by Gasteiger charge is 2.36. The number of carbonyl (C=O) groups is 1. The first-order chi connectivity index (χ1) is 15.5. The first kappa shape index (κ1) is 22.2. The lowest BCUT2D eigenvalue weighted by atomic mass is 9.86. The summed E-state index contributed by atoms with van der Waals surface area (Å²) in [4.78, 5) is 15.3. The third-order valence-corrected chi connectivity index (χ3v) is 6.35. The van der Waals surface area contributed by atoms with Gasteiger partial charge < -0.3 is 14.4 Å². The van der Waals surface area contributed by atoms with Crippen molar-refractivity contribution in [1.29, 1.82) is 0 Å². The Labute approximate surface area is 192 Å². The lowest BCUT2D eigenvalue weighted by Crippen LogP contribution is -2.41. The Hall–Kier alpha value is -3.05. The summed E-state index contributed by atoms with van der Waals surface area (Å²) in [7, 11) is 3.13. The number of nitrogens with zero attached hydrogens (tertiary/aromatic N) is 1. The van der Waals surface area contributed by atoms with Crippen LogP contribution in [0.15, 0.2) is 54.6 Å². The van der Waals surface area contributed by atoms with Crippen LogP contribution in [0.5, 0.6) is 11.5 Å². The predicted octanol–water partition coefficient (Wildman–Crippen LogP) is 5.85. The summed E-state index contributed by atoms with van der Waals surface area (Å²) in [6.45, 7) is 2.49. The van der Waals surface area contributed by atoms with Crippen LogP contribution in [-0.2, 0) is 12.8 Å². The van der Waals surface area contributed by atoms with Crippen LogP contribution < -0.4 is 9.47 Å². The topological polar surface area (TPSA) is 38.8 Å². The van der Waals surface area contributed by atoms with Crippen molar-refractivity contribution in [3.63, 3.8) is 0 Å². The van der Waals surface area contributed by atoms with E-state index in [2.05, 4.69) is 6.92 Å². The molecule has 1 aliphatic heterocycles. The third-order valence-electron chi connectivity index (χ3n) is 6.02. The Kier molecular flexibility index (Phi) is 6.38. The standard InChI is InChI=1S/C26H25ClFNO3/c1-4-16-8-10-17(11-9-16)26(30)29-13-12-18-14-22(31-2)23(32-3)15-19(18)25(29)24-20(27)6-5-7-21(24)28/h5-11,14-15,25H,4,12-13H2,1-3H3. The average Bonchev–Trinajstić information content (AvgIpc) is 2.82. The van der Waals surface area contributed by atoms with E-state index in [1.54, 1.807) is 31.3 Å². The van der Waals surface area contributed by atoms with Crippen molar-refractivity contribution >= 4 is 17.5 Å². The zero-order valence-corrected chi connectivity index (χ0v) is 19.1. The van der Waals surface area contributed by atoms with Crippen molar-refractivity contribution in [3.05, 3.63) is 93.3 Å². The fourth-order valence-corrected chi connectivity index (χ4v) is 4.56. The first-order valence-corrected chi connectivity index (χ1v) is 10.9. The number of hydrogen-bond acceptors (Lipinski definition) is 3. The Morgan fingerprint density at radius 3 is 2.41 bits per heavy atom. The number of ether oxygens (including phenoxy) is 2. The second-order valence-corrected chi connectivity index (χ2v) is 8.15. The zero-order valence-electron chi connectivity index (χ0n) is 18.3. The van der Waals surface area contributed by atoms with Crippen LogP contribution in [0.4, 0.5) is 4.39 Å². The molecule has 1 aliphatic rings. The van der Waals surface area contributed by atoms with Crippen molar-refractivity contribution in [1.82, 2.24) is 4.90 Å². The van der Waals surface area contributed by atoms with Crippen LogP contribution in [-0.4, -0.2) is 31.6 Å². The normalized spacial score (nSPS) is 15.3. The molecular weight excluding hydrogens is 429 g/mol. The molecular formula is C26H25ClFNO3. The van der Waals surface area contributed by atoms with Gasteiger partial charge in [-0.15, -0.1) is 0 Å². The molecule has 0 bridgehead atoms. The second kappa shape index (κ2) is 9.21. The zero-order chi connectivity index (χ0) is 22.8. The first-order valence-electron chi connectivity index (χ1n) is 10.6. The van der Waals surface area contributed by atoms with E-state index in [1.165, 1.54) is 6.07 Å². The van der Waals surface area contributed by atoms with E-state index in [9.17, 15) is 4.79 Å². The van der Waals surface area contributed by atoms with E-state index in [4.69, 9.17) is 21.1 Å². The van der Waals surface area contributed by atoms with E-state index in [0.29, 0.717) is 30.0 Å². The molecule has 4 nitrogen and oxygen atoms in total. The summed E-state index contributed by atoms with van der Waals surface area (Å²) in [6, 6.07) is 15.2. The second-order valence-electron chi connectivity index (χ2n) is 7.74. The van der Waals surface area contributed by atoms with Gasteiger partial charge in [0.15, 0.2) is 11.5 Å². The third kappa shape index (κ3) is 3.93. The molecule has 6 heteroatoms. The Morgan fingerprint density at radius 1 is 1.09 bits per heavy atom. The van der Waals surface area contributed by atoms with Gasteiger partial charge in [0.05, 0.1) is 20.3 Å². The van der Waals surface area contributed by atoms with E-state index >= 15 is 4.39 Å². The number of benzene rings is 3. The van der Waals surface area contributed by atoms with Crippen molar-refractivity contribution in [3.8, 4) is 11.5 Å². The van der Waals surface area contributed by atoms with E-state index in [0.717, 1.165) is 23.1 Å². The summed E-state index contributed by atoms with van der Waals surface area (Å²) < 4.78 is 26.1. The molecule has 1 atom stereocenters. The number of carbonyl (C=O) groups excluding carboxylic acids is 1. The molecule has 3 aromatic carbocycles. The minimum Gasteiger partial charge on any atom is -0.493 e. The molecule has 0 aromatic heterocycles. The Bertz CT molecular complexity index is 1130. The smallest absolute Gasteiger partial charge is 0.254 e. The SMILES string of the molecule is CCc1ccc(C(=O)N2CCc3cc(OC)c(OC)cc3C2c2c(F)cccc2Cl)cc1.